The lowest BCUT2D eigenvalue weighted by molar-refractivity contribution is 0.0248. The van der Waals surface area contributed by atoms with Crippen LogP contribution in [0.15, 0.2) is 30.6 Å². The van der Waals surface area contributed by atoms with Crippen LogP contribution in [-0.4, -0.2) is 89.9 Å². The van der Waals surface area contributed by atoms with E-state index in [1.165, 1.54) is 13.4 Å². The average Bonchev–Trinajstić information content (AvgIpc) is 3.30. The van der Waals surface area contributed by atoms with Crippen LogP contribution in [0.5, 0.6) is 5.88 Å². The number of carbonyl (C=O) groups excluding carboxylic acids is 2. The van der Waals surface area contributed by atoms with Crippen molar-refractivity contribution in [3.8, 4) is 17.0 Å². The minimum atomic E-state index is -0.766. The van der Waals surface area contributed by atoms with Gasteiger partial charge < -0.3 is 29.3 Å². The summed E-state index contributed by atoms with van der Waals surface area (Å²) in [6.07, 6.45) is 0.726. The molecule has 2 aliphatic heterocycles. The van der Waals surface area contributed by atoms with Gasteiger partial charge in [-0.1, -0.05) is 6.07 Å². The number of methoxy groups -OCH3 is 1. The highest BCUT2D eigenvalue weighted by atomic mass is 16.6. The van der Waals surface area contributed by atoms with Gasteiger partial charge in [-0.2, -0.15) is 0 Å². The number of hydrogen-bond acceptors (Lipinski definition) is 11. The fraction of sp³-hybridized carbons (Fsp3) is 0.452. The molecule has 2 amide bonds. The molecule has 1 fully saturated rings. The Labute approximate surface area is 252 Å². The number of anilines is 3. The molecule has 2 aromatic heterocycles. The zero-order valence-corrected chi connectivity index (χ0v) is 25.9. The van der Waals surface area contributed by atoms with Gasteiger partial charge in [0.1, 0.15) is 17.7 Å². The van der Waals surface area contributed by atoms with Gasteiger partial charge in [0.15, 0.2) is 0 Å². The fourth-order valence-corrected chi connectivity index (χ4v) is 5.35. The molecular weight excluding hydrogens is 550 g/mol. The second-order valence-electron chi connectivity index (χ2n) is 11.9. The highest BCUT2D eigenvalue weighted by Gasteiger charge is 2.39. The summed E-state index contributed by atoms with van der Waals surface area (Å²) in [4.78, 5) is 46.2. The normalized spacial score (nSPS) is 15.1. The SMILES string of the molecule is COc1ncnc(C)c1-c1ccc(Nc2ccc(N3CCOCC3)c(CN(C)C)n2)c2c1CN(C(=O)OC(C)(C)C)C2=O. The van der Waals surface area contributed by atoms with Crippen LogP contribution >= 0.6 is 0 Å². The third-order valence-electron chi connectivity index (χ3n) is 7.20. The smallest absolute Gasteiger partial charge is 0.417 e. The summed E-state index contributed by atoms with van der Waals surface area (Å²) in [5.74, 6) is 0.511. The number of hydrogen-bond donors (Lipinski definition) is 1. The van der Waals surface area contributed by atoms with Crippen molar-refractivity contribution >= 4 is 29.2 Å². The minimum absolute atomic E-state index is 0.0285. The molecule has 0 radical (unpaired) electrons. The van der Waals surface area contributed by atoms with E-state index in [1.54, 1.807) is 20.8 Å². The highest BCUT2D eigenvalue weighted by Crippen LogP contribution is 2.42. The van der Waals surface area contributed by atoms with E-state index in [1.807, 2.05) is 39.2 Å². The third-order valence-corrected chi connectivity index (χ3v) is 7.20. The van der Waals surface area contributed by atoms with Gasteiger partial charge in [-0.25, -0.2) is 24.6 Å². The van der Waals surface area contributed by atoms with Crippen LogP contribution in [0.4, 0.5) is 22.0 Å². The predicted octanol–water partition coefficient (Wildman–Crippen LogP) is 4.39. The summed E-state index contributed by atoms with van der Waals surface area (Å²) in [6.45, 7) is 10.8. The Morgan fingerprint density at radius 2 is 1.84 bits per heavy atom. The van der Waals surface area contributed by atoms with Gasteiger partial charge in [0.05, 0.1) is 60.8 Å². The van der Waals surface area contributed by atoms with Gasteiger partial charge in [0, 0.05) is 19.6 Å². The molecule has 5 rings (SSSR count). The number of amides is 2. The molecule has 3 aromatic rings. The molecule has 0 spiro atoms. The molecule has 0 atom stereocenters. The Kier molecular flexibility index (Phi) is 8.52. The second kappa shape index (κ2) is 12.1. The molecule has 0 aliphatic carbocycles. The van der Waals surface area contributed by atoms with Crippen LogP contribution in [0.1, 0.15) is 48.1 Å². The average molecular weight is 590 g/mol. The molecule has 0 bridgehead atoms. The zero-order valence-electron chi connectivity index (χ0n) is 25.9. The Morgan fingerprint density at radius 1 is 1.09 bits per heavy atom. The molecule has 2 aliphatic rings. The first-order chi connectivity index (χ1) is 20.5. The fourth-order valence-electron chi connectivity index (χ4n) is 5.35. The van der Waals surface area contributed by atoms with Crippen molar-refractivity contribution in [1.82, 2.24) is 24.8 Å². The number of aromatic nitrogens is 3. The van der Waals surface area contributed by atoms with Crippen molar-refractivity contribution in [3.63, 3.8) is 0 Å². The number of nitrogens with one attached hydrogen (secondary N) is 1. The summed E-state index contributed by atoms with van der Waals surface area (Å²) in [5, 5.41) is 3.37. The van der Waals surface area contributed by atoms with E-state index in [4.69, 9.17) is 19.2 Å². The summed E-state index contributed by atoms with van der Waals surface area (Å²) >= 11 is 0. The Morgan fingerprint density at radius 3 is 2.51 bits per heavy atom. The van der Waals surface area contributed by atoms with Gasteiger partial charge in [0.25, 0.3) is 5.91 Å². The molecular formula is C31H39N7O5. The third kappa shape index (κ3) is 6.40. The van der Waals surface area contributed by atoms with Crippen LogP contribution in [0.3, 0.4) is 0 Å². The maximum absolute atomic E-state index is 13.9. The molecule has 0 saturated carbocycles. The van der Waals surface area contributed by atoms with E-state index in [9.17, 15) is 9.59 Å². The monoisotopic (exact) mass is 589 g/mol. The maximum atomic E-state index is 13.9. The standard InChI is InChI=1S/C31H39N7O5/c1-19-26(28(41-7)33-18-32-19)20-8-9-22(27-21(20)16-38(29(27)39)30(40)43-31(2,3)4)34-25-11-10-24(23(35-25)17-36(5)6)37-12-14-42-15-13-37/h8-11,18H,12-17H2,1-7H3,(H,34,35). The van der Waals surface area contributed by atoms with Crippen LogP contribution in [0, 0.1) is 6.92 Å². The van der Waals surface area contributed by atoms with E-state index in [0.29, 0.717) is 65.1 Å². The quantitative estimate of drug-likeness (QED) is 0.422. The van der Waals surface area contributed by atoms with E-state index in [0.717, 1.165) is 29.4 Å². The molecule has 12 nitrogen and oxygen atoms in total. The van der Waals surface area contributed by atoms with Crippen molar-refractivity contribution in [3.05, 3.63) is 53.1 Å². The van der Waals surface area contributed by atoms with Crippen LogP contribution in [0.25, 0.3) is 11.1 Å². The molecule has 1 saturated heterocycles. The number of benzene rings is 1. The lowest BCUT2D eigenvalue weighted by Gasteiger charge is -2.31. The molecule has 43 heavy (non-hydrogen) atoms. The van der Waals surface area contributed by atoms with Gasteiger partial charge in [-0.15, -0.1) is 0 Å². The summed E-state index contributed by atoms with van der Waals surface area (Å²) < 4.78 is 16.7. The second-order valence-corrected chi connectivity index (χ2v) is 11.9. The van der Waals surface area contributed by atoms with Crippen molar-refractivity contribution in [1.29, 1.82) is 0 Å². The Hall–Kier alpha value is -4.29. The molecule has 1 aromatic carbocycles. The van der Waals surface area contributed by atoms with Gasteiger partial charge in [0.2, 0.25) is 5.88 Å². The number of ether oxygens (including phenoxy) is 3. The van der Waals surface area contributed by atoms with E-state index >= 15 is 0 Å². The topological polar surface area (TPSA) is 122 Å². The lowest BCUT2D eigenvalue weighted by atomic mass is 9.95. The molecule has 4 heterocycles. The first kappa shape index (κ1) is 30.2. The number of imide groups is 1. The molecule has 0 unspecified atom stereocenters. The Bertz CT molecular complexity index is 1530. The number of morpholine rings is 1. The largest absolute Gasteiger partial charge is 0.480 e. The molecule has 1 N–H and O–H groups in total. The summed E-state index contributed by atoms with van der Waals surface area (Å²) in [5.41, 5.74) is 4.80. The molecule has 12 heteroatoms. The van der Waals surface area contributed by atoms with Crippen molar-refractivity contribution in [2.24, 2.45) is 0 Å². The van der Waals surface area contributed by atoms with Gasteiger partial charge >= 0.3 is 6.09 Å². The first-order valence-corrected chi connectivity index (χ1v) is 14.3. The van der Waals surface area contributed by atoms with Gasteiger partial charge in [-0.3, -0.25) is 4.79 Å². The number of aryl methyl sites for hydroxylation is 1. The summed E-state index contributed by atoms with van der Waals surface area (Å²) in [6, 6.07) is 7.68. The lowest BCUT2D eigenvalue weighted by Crippen LogP contribution is -2.37. The summed E-state index contributed by atoms with van der Waals surface area (Å²) in [7, 11) is 5.55. The van der Waals surface area contributed by atoms with E-state index in [-0.39, 0.29) is 6.54 Å². The zero-order chi connectivity index (χ0) is 30.9. The van der Waals surface area contributed by atoms with Crippen LogP contribution in [-0.2, 0) is 22.6 Å². The number of carbonyl (C=O) groups is 2. The van der Waals surface area contributed by atoms with E-state index < -0.39 is 17.6 Å². The number of nitrogens with zero attached hydrogens (tertiary/aromatic N) is 6. The predicted molar refractivity (Wildman–Crippen MR) is 163 cm³/mol. The maximum Gasteiger partial charge on any atom is 0.417 e. The van der Waals surface area contributed by atoms with Crippen molar-refractivity contribution in [2.75, 3.05) is 57.7 Å². The Balaban J connectivity index is 1.58. The highest BCUT2D eigenvalue weighted by molar-refractivity contribution is 6.12. The van der Waals surface area contributed by atoms with Gasteiger partial charge in [-0.05, 0) is 71.1 Å². The molecule has 228 valence electrons. The first-order valence-electron chi connectivity index (χ1n) is 14.3. The van der Waals surface area contributed by atoms with E-state index in [2.05, 4.69) is 31.2 Å². The number of pyridine rings is 1. The van der Waals surface area contributed by atoms with Crippen LogP contribution in [0.2, 0.25) is 0 Å². The minimum Gasteiger partial charge on any atom is -0.480 e. The number of fused-ring (bicyclic) bond motifs is 1. The van der Waals surface area contributed by atoms with Crippen molar-refractivity contribution in [2.45, 2.75) is 46.4 Å². The number of rotatable bonds is 7. The van der Waals surface area contributed by atoms with Crippen molar-refractivity contribution < 1.29 is 23.8 Å². The van der Waals surface area contributed by atoms with Crippen LogP contribution < -0.4 is 15.0 Å².